The van der Waals surface area contributed by atoms with E-state index >= 15 is 0 Å². The van der Waals surface area contributed by atoms with Crippen molar-refractivity contribution in [3.8, 4) is 0 Å². The van der Waals surface area contributed by atoms with Crippen LogP contribution in [-0.4, -0.2) is 41.2 Å². The zero-order valence-corrected chi connectivity index (χ0v) is 14.4. The number of nitrogens with zero attached hydrogens (tertiary/aromatic N) is 2. The first kappa shape index (κ1) is 18.2. The van der Waals surface area contributed by atoms with Crippen LogP contribution in [-0.2, 0) is 0 Å². The molecule has 1 aromatic carbocycles. The summed E-state index contributed by atoms with van der Waals surface area (Å²) in [5.74, 6) is -0.428. The highest BCUT2D eigenvalue weighted by Gasteiger charge is 2.27. The SMILES string of the molecule is CC(C)C(C)(O)CNC(=O)c1cc([N+](=O)[O-])ccc1N1CCCC1. The molecule has 0 bridgehead atoms. The third-order valence-electron chi connectivity index (χ3n) is 4.73. The fourth-order valence-electron chi connectivity index (χ4n) is 2.61. The predicted octanol–water partition coefficient (Wildman–Crippen LogP) is 2.33. The molecule has 7 heteroatoms. The number of carbonyl (C=O) groups is 1. The van der Waals surface area contributed by atoms with Gasteiger partial charge in [-0.25, -0.2) is 0 Å². The molecule has 0 saturated carbocycles. The van der Waals surface area contributed by atoms with Crippen LogP contribution >= 0.6 is 0 Å². The molecule has 1 unspecified atom stereocenters. The van der Waals surface area contributed by atoms with Crippen LogP contribution in [0, 0.1) is 16.0 Å². The maximum absolute atomic E-state index is 12.6. The summed E-state index contributed by atoms with van der Waals surface area (Å²) in [6.45, 7) is 7.16. The minimum absolute atomic E-state index is 0.0269. The summed E-state index contributed by atoms with van der Waals surface area (Å²) in [5, 5.41) is 24.0. The van der Waals surface area contributed by atoms with Crippen LogP contribution < -0.4 is 10.2 Å². The Morgan fingerprint density at radius 1 is 1.42 bits per heavy atom. The number of aliphatic hydroxyl groups is 1. The topological polar surface area (TPSA) is 95.7 Å². The van der Waals surface area contributed by atoms with Gasteiger partial charge in [-0.05, 0) is 31.7 Å². The Balaban J connectivity index is 2.26. The first-order chi connectivity index (χ1) is 11.2. The number of nitro benzene ring substituents is 1. The molecule has 24 heavy (non-hydrogen) atoms. The molecule has 1 saturated heterocycles. The first-order valence-corrected chi connectivity index (χ1v) is 8.26. The van der Waals surface area contributed by atoms with Crippen molar-refractivity contribution in [2.45, 2.75) is 39.2 Å². The van der Waals surface area contributed by atoms with Crippen LogP contribution in [0.25, 0.3) is 0 Å². The molecule has 132 valence electrons. The summed E-state index contributed by atoms with van der Waals surface area (Å²) in [4.78, 5) is 25.2. The highest BCUT2D eigenvalue weighted by atomic mass is 16.6. The van der Waals surface area contributed by atoms with Crippen molar-refractivity contribution in [3.05, 3.63) is 33.9 Å². The lowest BCUT2D eigenvalue weighted by Gasteiger charge is -2.28. The minimum Gasteiger partial charge on any atom is -0.388 e. The number of rotatable bonds is 6. The number of non-ortho nitro benzene ring substituents is 1. The van der Waals surface area contributed by atoms with Gasteiger partial charge in [0, 0.05) is 31.8 Å². The van der Waals surface area contributed by atoms with E-state index in [1.807, 2.05) is 13.8 Å². The minimum atomic E-state index is -1.04. The van der Waals surface area contributed by atoms with E-state index in [2.05, 4.69) is 10.2 Å². The van der Waals surface area contributed by atoms with Crippen molar-refractivity contribution in [3.63, 3.8) is 0 Å². The number of benzene rings is 1. The average molecular weight is 335 g/mol. The fraction of sp³-hybridized carbons (Fsp3) is 0.588. The van der Waals surface area contributed by atoms with E-state index in [0.717, 1.165) is 25.9 Å². The Kier molecular flexibility index (Phi) is 5.43. The van der Waals surface area contributed by atoms with Crippen LogP contribution in [0.4, 0.5) is 11.4 Å². The lowest BCUT2D eigenvalue weighted by molar-refractivity contribution is -0.384. The summed E-state index contributed by atoms with van der Waals surface area (Å²) < 4.78 is 0. The molecule has 2 rings (SSSR count). The molecule has 7 nitrogen and oxygen atoms in total. The lowest BCUT2D eigenvalue weighted by Crippen LogP contribution is -2.44. The Morgan fingerprint density at radius 3 is 2.58 bits per heavy atom. The smallest absolute Gasteiger partial charge is 0.270 e. The lowest BCUT2D eigenvalue weighted by atomic mass is 9.92. The molecule has 1 heterocycles. The zero-order valence-electron chi connectivity index (χ0n) is 14.4. The highest BCUT2D eigenvalue weighted by molar-refractivity contribution is 6.00. The van der Waals surface area contributed by atoms with E-state index in [-0.39, 0.29) is 23.7 Å². The molecule has 1 aromatic rings. The molecular formula is C17H25N3O4. The summed E-state index contributed by atoms with van der Waals surface area (Å²) in [5.41, 5.74) is -0.159. The summed E-state index contributed by atoms with van der Waals surface area (Å²) in [7, 11) is 0. The monoisotopic (exact) mass is 335 g/mol. The fourth-order valence-corrected chi connectivity index (χ4v) is 2.61. The molecule has 1 aliphatic heterocycles. The van der Waals surface area contributed by atoms with Gasteiger partial charge < -0.3 is 15.3 Å². The van der Waals surface area contributed by atoms with Crippen molar-refractivity contribution in [1.29, 1.82) is 0 Å². The number of hydrogen-bond acceptors (Lipinski definition) is 5. The normalized spacial score (nSPS) is 17.0. The predicted molar refractivity (Wildman–Crippen MR) is 92.3 cm³/mol. The Bertz CT molecular complexity index is 622. The van der Waals surface area contributed by atoms with Crippen LogP contribution in [0.5, 0.6) is 0 Å². The number of nitrogens with one attached hydrogen (secondary N) is 1. The molecule has 1 atom stereocenters. The van der Waals surface area contributed by atoms with Gasteiger partial charge in [0.05, 0.1) is 21.8 Å². The third-order valence-corrected chi connectivity index (χ3v) is 4.73. The van der Waals surface area contributed by atoms with Crippen molar-refractivity contribution < 1.29 is 14.8 Å². The zero-order chi connectivity index (χ0) is 17.9. The second-order valence-electron chi connectivity index (χ2n) is 6.85. The van der Waals surface area contributed by atoms with Crippen molar-refractivity contribution in [2.24, 2.45) is 5.92 Å². The van der Waals surface area contributed by atoms with Gasteiger partial charge in [-0.3, -0.25) is 14.9 Å². The van der Waals surface area contributed by atoms with Gasteiger partial charge >= 0.3 is 0 Å². The number of carbonyl (C=O) groups excluding carboxylic acids is 1. The second-order valence-corrected chi connectivity index (χ2v) is 6.85. The Labute approximate surface area is 141 Å². The maximum Gasteiger partial charge on any atom is 0.270 e. The number of anilines is 1. The molecule has 2 N–H and O–H groups in total. The number of hydrogen-bond donors (Lipinski definition) is 2. The summed E-state index contributed by atoms with van der Waals surface area (Å²) in [6, 6.07) is 4.38. The highest BCUT2D eigenvalue weighted by Crippen LogP contribution is 2.28. The third kappa shape index (κ3) is 4.03. The summed E-state index contributed by atoms with van der Waals surface area (Å²) in [6.07, 6.45) is 2.08. The van der Waals surface area contributed by atoms with Crippen LogP contribution in [0.2, 0.25) is 0 Å². The van der Waals surface area contributed by atoms with Gasteiger partial charge in [-0.1, -0.05) is 13.8 Å². The standard InChI is InChI=1S/C17H25N3O4/c1-12(2)17(3,22)11-18-16(21)14-10-13(20(23)24)6-7-15(14)19-8-4-5-9-19/h6-7,10,12,22H,4-5,8-9,11H2,1-3H3,(H,18,21). The molecule has 0 aromatic heterocycles. The van der Waals surface area contributed by atoms with E-state index in [0.29, 0.717) is 5.69 Å². The number of amides is 1. The van der Waals surface area contributed by atoms with Crippen molar-refractivity contribution >= 4 is 17.3 Å². The van der Waals surface area contributed by atoms with Gasteiger partial charge in [0.15, 0.2) is 0 Å². The van der Waals surface area contributed by atoms with E-state index < -0.39 is 16.4 Å². The molecule has 1 amide bonds. The van der Waals surface area contributed by atoms with Gasteiger partial charge in [0.2, 0.25) is 0 Å². The first-order valence-electron chi connectivity index (χ1n) is 8.26. The van der Waals surface area contributed by atoms with Gasteiger partial charge in [0.1, 0.15) is 0 Å². The average Bonchev–Trinajstić information content (AvgIpc) is 3.06. The molecular weight excluding hydrogens is 310 g/mol. The molecule has 1 fully saturated rings. The molecule has 0 spiro atoms. The Morgan fingerprint density at radius 2 is 2.04 bits per heavy atom. The van der Waals surface area contributed by atoms with Crippen LogP contribution in [0.3, 0.4) is 0 Å². The Hall–Kier alpha value is -2.15. The van der Waals surface area contributed by atoms with E-state index in [1.165, 1.54) is 12.1 Å². The van der Waals surface area contributed by atoms with E-state index in [1.54, 1.807) is 13.0 Å². The van der Waals surface area contributed by atoms with Gasteiger partial charge in [-0.15, -0.1) is 0 Å². The van der Waals surface area contributed by atoms with Crippen molar-refractivity contribution in [1.82, 2.24) is 5.32 Å². The van der Waals surface area contributed by atoms with Crippen LogP contribution in [0.15, 0.2) is 18.2 Å². The maximum atomic E-state index is 12.6. The second kappa shape index (κ2) is 7.17. The van der Waals surface area contributed by atoms with E-state index in [9.17, 15) is 20.0 Å². The summed E-state index contributed by atoms with van der Waals surface area (Å²) >= 11 is 0. The van der Waals surface area contributed by atoms with E-state index in [4.69, 9.17) is 0 Å². The number of nitro groups is 1. The van der Waals surface area contributed by atoms with Crippen molar-refractivity contribution in [2.75, 3.05) is 24.5 Å². The molecule has 0 radical (unpaired) electrons. The molecule has 0 aliphatic carbocycles. The van der Waals surface area contributed by atoms with Gasteiger partial charge in [-0.2, -0.15) is 0 Å². The van der Waals surface area contributed by atoms with Crippen LogP contribution in [0.1, 0.15) is 44.0 Å². The quantitative estimate of drug-likeness (QED) is 0.614. The largest absolute Gasteiger partial charge is 0.388 e. The molecule has 1 aliphatic rings. The van der Waals surface area contributed by atoms with Gasteiger partial charge in [0.25, 0.3) is 11.6 Å².